The molecule has 0 spiro atoms. The predicted molar refractivity (Wildman–Crippen MR) is 50.8 cm³/mol. The van der Waals surface area contributed by atoms with Gasteiger partial charge < -0.3 is 0 Å². The number of aromatic amines is 1. The molecule has 1 aromatic carbocycles. The number of nitrogens with zero attached hydrogens (tertiary/aromatic N) is 2. The SMILES string of the molecule is O=C(Cc1cc(F)ccc1F)c1ncn[nH]1. The van der Waals surface area contributed by atoms with E-state index >= 15 is 0 Å². The van der Waals surface area contributed by atoms with E-state index in [4.69, 9.17) is 0 Å². The number of halogens is 2. The Balaban J connectivity index is 2.21. The largest absolute Gasteiger partial charge is 0.290 e. The van der Waals surface area contributed by atoms with Crippen LogP contribution < -0.4 is 0 Å². The van der Waals surface area contributed by atoms with E-state index in [-0.39, 0.29) is 17.8 Å². The highest BCUT2D eigenvalue weighted by molar-refractivity contribution is 5.93. The first-order chi connectivity index (χ1) is 7.66. The molecule has 0 aliphatic carbocycles. The molecule has 0 unspecified atom stereocenters. The van der Waals surface area contributed by atoms with E-state index in [2.05, 4.69) is 15.2 Å². The molecule has 1 aromatic heterocycles. The lowest BCUT2D eigenvalue weighted by Gasteiger charge is -2.00. The molecule has 2 aromatic rings. The molecule has 1 N–H and O–H groups in total. The van der Waals surface area contributed by atoms with E-state index < -0.39 is 17.4 Å². The van der Waals surface area contributed by atoms with Crippen molar-refractivity contribution in [2.24, 2.45) is 0 Å². The lowest BCUT2D eigenvalue weighted by molar-refractivity contribution is 0.0982. The fraction of sp³-hybridized carbons (Fsp3) is 0.100. The van der Waals surface area contributed by atoms with Gasteiger partial charge in [-0.25, -0.2) is 13.8 Å². The molecule has 0 amide bonds. The minimum atomic E-state index is -0.616. The average molecular weight is 223 g/mol. The minimum absolute atomic E-state index is 0.00130. The molecule has 0 bridgehead atoms. The van der Waals surface area contributed by atoms with Crippen molar-refractivity contribution in [3.05, 3.63) is 47.5 Å². The topological polar surface area (TPSA) is 58.6 Å². The van der Waals surface area contributed by atoms with Gasteiger partial charge in [0.05, 0.1) is 0 Å². The second kappa shape index (κ2) is 4.18. The molecular formula is C10H7F2N3O. The highest BCUT2D eigenvalue weighted by Gasteiger charge is 2.13. The van der Waals surface area contributed by atoms with Crippen molar-refractivity contribution in [1.29, 1.82) is 0 Å². The zero-order valence-electron chi connectivity index (χ0n) is 8.08. The number of H-pyrrole nitrogens is 1. The molecular weight excluding hydrogens is 216 g/mol. The van der Waals surface area contributed by atoms with Gasteiger partial charge in [-0.2, -0.15) is 5.10 Å². The Hall–Kier alpha value is -2.11. The van der Waals surface area contributed by atoms with Crippen LogP contribution in [0.5, 0.6) is 0 Å². The van der Waals surface area contributed by atoms with Crippen molar-refractivity contribution >= 4 is 5.78 Å². The first-order valence-electron chi connectivity index (χ1n) is 4.49. The van der Waals surface area contributed by atoms with E-state index in [1.54, 1.807) is 0 Å². The molecule has 4 nitrogen and oxygen atoms in total. The summed E-state index contributed by atoms with van der Waals surface area (Å²) in [4.78, 5) is 15.1. The van der Waals surface area contributed by atoms with Crippen LogP contribution in [-0.4, -0.2) is 21.0 Å². The number of hydrogen-bond donors (Lipinski definition) is 1. The number of rotatable bonds is 3. The van der Waals surface area contributed by atoms with Crippen LogP contribution in [0.15, 0.2) is 24.5 Å². The van der Waals surface area contributed by atoms with Crippen LogP contribution in [0.1, 0.15) is 16.2 Å². The van der Waals surface area contributed by atoms with Gasteiger partial charge in [-0.1, -0.05) is 0 Å². The number of benzene rings is 1. The summed E-state index contributed by atoms with van der Waals surface area (Å²) in [5.74, 6) is -1.61. The summed E-state index contributed by atoms with van der Waals surface area (Å²) < 4.78 is 26.0. The van der Waals surface area contributed by atoms with Crippen LogP contribution in [-0.2, 0) is 6.42 Å². The van der Waals surface area contributed by atoms with E-state index in [0.29, 0.717) is 0 Å². The van der Waals surface area contributed by atoms with E-state index in [1.165, 1.54) is 6.33 Å². The highest BCUT2D eigenvalue weighted by Crippen LogP contribution is 2.11. The average Bonchev–Trinajstić information content (AvgIpc) is 2.76. The highest BCUT2D eigenvalue weighted by atomic mass is 19.1. The van der Waals surface area contributed by atoms with Crippen molar-refractivity contribution in [2.75, 3.05) is 0 Å². The number of carbonyl (C=O) groups is 1. The summed E-state index contributed by atoms with van der Waals surface area (Å²) in [5, 5.41) is 5.86. The molecule has 0 saturated heterocycles. The molecule has 0 saturated carbocycles. The van der Waals surface area contributed by atoms with Gasteiger partial charge in [0.15, 0.2) is 5.82 Å². The number of carbonyl (C=O) groups excluding carboxylic acids is 1. The van der Waals surface area contributed by atoms with E-state index in [9.17, 15) is 13.6 Å². The second-order valence-corrected chi connectivity index (χ2v) is 3.17. The maximum Gasteiger partial charge on any atom is 0.204 e. The normalized spacial score (nSPS) is 10.4. The Bertz CT molecular complexity index is 511. The number of nitrogens with one attached hydrogen (secondary N) is 1. The zero-order chi connectivity index (χ0) is 11.5. The third-order valence-corrected chi connectivity index (χ3v) is 2.04. The summed E-state index contributed by atoms with van der Waals surface area (Å²) in [6, 6.07) is 2.97. The minimum Gasteiger partial charge on any atom is -0.290 e. The molecule has 6 heteroatoms. The lowest BCUT2D eigenvalue weighted by atomic mass is 10.1. The zero-order valence-corrected chi connectivity index (χ0v) is 8.08. The Labute approximate surface area is 89.3 Å². The molecule has 1 heterocycles. The van der Waals surface area contributed by atoms with Crippen molar-refractivity contribution in [3.8, 4) is 0 Å². The lowest BCUT2D eigenvalue weighted by Crippen LogP contribution is -2.07. The van der Waals surface area contributed by atoms with E-state index in [0.717, 1.165) is 18.2 Å². The summed E-state index contributed by atoms with van der Waals surface area (Å²) in [5.41, 5.74) is 0.00130. The quantitative estimate of drug-likeness (QED) is 0.802. The molecule has 2 rings (SSSR count). The third-order valence-electron chi connectivity index (χ3n) is 2.04. The van der Waals surface area contributed by atoms with Crippen LogP contribution in [0.25, 0.3) is 0 Å². The number of hydrogen-bond acceptors (Lipinski definition) is 3. The molecule has 16 heavy (non-hydrogen) atoms. The Kier molecular flexibility index (Phi) is 2.72. The summed E-state index contributed by atoms with van der Waals surface area (Å²) in [6.07, 6.45) is 0.925. The fourth-order valence-electron chi connectivity index (χ4n) is 1.28. The first-order valence-corrected chi connectivity index (χ1v) is 4.49. The van der Waals surface area contributed by atoms with Crippen molar-refractivity contribution < 1.29 is 13.6 Å². The van der Waals surface area contributed by atoms with E-state index in [1.807, 2.05) is 0 Å². The predicted octanol–water partition coefficient (Wildman–Crippen LogP) is 1.51. The molecule has 82 valence electrons. The monoisotopic (exact) mass is 223 g/mol. The molecule has 0 aliphatic rings. The summed E-state index contributed by atoms with van der Waals surface area (Å²) in [6.45, 7) is 0. The Morgan fingerprint density at radius 1 is 1.38 bits per heavy atom. The maximum absolute atomic E-state index is 13.2. The van der Waals surface area contributed by atoms with Gasteiger partial charge in [0.25, 0.3) is 0 Å². The number of aromatic nitrogens is 3. The van der Waals surface area contributed by atoms with Crippen LogP contribution in [0.4, 0.5) is 8.78 Å². The molecule has 0 radical (unpaired) electrons. The van der Waals surface area contributed by atoms with Crippen molar-refractivity contribution in [1.82, 2.24) is 15.2 Å². The molecule has 0 fully saturated rings. The third kappa shape index (κ3) is 2.10. The van der Waals surface area contributed by atoms with Gasteiger partial charge in [0, 0.05) is 6.42 Å². The van der Waals surface area contributed by atoms with Gasteiger partial charge in [-0.05, 0) is 23.8 Å². The Morgan fingerprint density at radius 3 is 2.88 bits per heavy atom. The summed E-state index contributed by atoms with van der Waals surface area (Å²) in [7, 11) is 0. The Morgan fingerprint density at radius 2 is 2.19 bits per heavy atom. The number of Topliss-reactive ketones (excluding diaryl/α,β-unsaturated/α-hetero) is 1. The number of ketones is 1. The van der Waals surface area contributed by atoms with Gasteiger partial charge in [-0.15, -0.1) is 0 Å². The standard InChI is InChI=1S/C10H7F2N3O/c11-7-1-2-8(12)6(3-7)4-9(16)10-13-5-14-15-10/h1-3,5H,4H2,(H,13,14,15). The summed E-state index contributed by atoms with van der Waals surface area (Å²) >= 11 is 0. The first kappa shape index (κ1) is 10.4. The smallest absolute Gasteiger partial charge is 0.204 e. The van der Waals surface area contributed by atoms with Crippen LogP contribution in [0, 0.1) is 11.6 Å². The fourth-order valence-corrected chi connectivity index (χ4v) is 1.28. The van der Waals surface area contributed by atoms with Gasteiger partial charge >= 0.3 is 0 Å². The van der Waals surface area contributed by atoms with Gasteiger partial charge in [0.1, 0.15) is 18.0 Å². The van der Waals surface area contributed by atoms with Crippen molar-refractivity contribution in [3.63, 3.8) is 0 Å². The van der Waals surface area contributed by atoms with Gasteiger partial charge in [-0.3, -0.25) is 9.89 Å². The maximum atomic E-state index is 13.2. The second-order valence-electron chi connectivity index (χ2n) is 3.17. The molecule has 0 aliphatic heterocycles. The van der Waals surface area contributed by atoms with Crippen molar-refractivity contribution in [2.45, 2.75) is 6.42 Å². The van der Waals surface area contributed by atoms with Gasteiger partial charge in [0.2, 0.25) is 5.78 Å². The van der Waals surface area contributed by atoms with Crippen LogP contribution in [0.2, 0.25) is 0 Å². The molecule has 0 atom stereocenters. The van der Waals surface area contributed by atoms with Crippen LogP contribution >= 0.6 is 0 Å². The van der Waals surface area contributed by atoms with Crippen LogP contribution in [0.3, 0.4) is 0 Å².